The number of aryl methyl sites for hydroxylation is 1. The number of hydrogen-bond acceptors (Lipinski definition) is 3. The molecule has 3 rings (SSSR count). The van der Waals surface area contributed by atoms with Gasteiger partial charge in [0.1, 0.15) is 5.69 Å². The third-order valence-electron chi connectivity index (χ3n) is 4.09. The fourth-order valence-corrected chi connectivity index (χ4v) is 2.98. The molecule has 1 amide bonds. The summed E-state index contributed by atoms with van der Waals surface area (Å²) < 4.78 is 1.74. The molecule has 7 heteroatoms. The van der Waals surface area contributed by atoms with E-state index in [0.29, 0.717) is 40.9 Å². The lowest BCUT2D eigenvalue weighted by molar-refractivity contribution is 0.0951. The zero-order valence-corrected chi connectivity index (χ0v) is 16.2. The third-order valence-corrected chi connectivity index (χ3v) is 4.83. The minimum absolute atomic E-state index is 0.195. The molecule has 0 bridgehead atoms. The molecule has 0 fully saturated rings. The summed E-state index contributed by atoms with van der Waals surface area (Å²) in [5, 5.41) is 8.38. The standard InChI is InChI=1S/C20H20Cl2N4O/c21-17-8-7-15(11-18(17)22)19-16(13-26(25-19)10-4-9-23)20(27)24-12-14-5-2-1-3-6-14/h1-3,5-8,11,13H,4,9-10,12,23H2,(H,24,27). The van der Waals surface area contributed by atoms with Crippen LogP contribution in [0.25, 0.3) is 11.3 Å². The molecule has 3 N–H and O–H groups in total. The van der Waals surface area contributed by atoms with Gasteiger partial charge >= 0.3 is 0 Å². The first-order chi connectivity index (χ1) is 13.1. The average Bonchev–Trinajstić information content (AvgIpc) is 3.12. The first-order valence-corrected chi connectivity index (χ1v) is 9.39. The zero-order valence-electron chi connectivity index (χ0n) is 14.7. The summed E-state index contributed by atoms with van der Waals surface area (Å²) >= 11 is 12.2. The van der Waals surface area contributed by atoms with Crippen LogP contribution in [0.4, 0.5) is 0 Å². The van der Waals surface area contributed by atoms with Gasteiger partial charge in [-0.05, 0) is 30.7 Å². The number of nitrogens with zero attached hydrogens (tertiary/aromatic N) is 2. The number of nitrogens with one attached hydrogen (secondary N) is 1. The molecule has 0 radical (unpaired) electrons. The molecule has 0 spiro atoms. The second-order valence-corrected chi connectivity index (χ2v) is 6.91. The molecule has 0 unspecified atom stereocenters. The third kappa shape index (κ3) is 4.89. The maximum absolute atomic E-state index is 12.8. The Morgan fingerprint density at radius 2 is 1.89 bits per heavy atom. The molecule has 0 saturated heterocycles. The van der Waals surface area contributed by atoms with Gasteiger partial charge in [0.25, 0.3) is 5.91 Å². The van der Waals surface area contributed by atoms with E-state index in [1.807, 2.05) is 30.3 Å². The van der Waals surface area contributed by atoms with Crippen LogP contribution in [0.5, 0.6) is 0 Å². The van der Waals surface area contributed by atoms with Crippen molar-refractivity contribution in [2.75, 3.05) is 6.54 Å². The molecule has 3 aromatic rings. The van der Waals surface area contributed by atoms with Crippen LogP contribution in [0.3, 0.4) is 0 Å². The van der Waals surface area contributed by atoms with Crippen molar-refractivity contribution in [3.05, 3.63) is 75.9 Å². The minimum Gasteiger partial charge on any atom is -0.348 e. The van der Waals surface area contributed by atoms with Crippen LogP contribution in [0, 0.1) is 0 Å². The number of carbonyl (C=O) groups excluding carboxylic acids is 1. The highest BCUT2D eigenvalue weighted by Gasteiger charge is 2.18. The number of nitrogens with two attached hydrogens (primary N) is 1. The molecule has 0 aliphatic heterocycles. The van der Waals surface area contributed by atoms with Gasteiger partial charge < -0.3 is 11.1 Å². The van der Waals surface area contributed by atoms with Crippen LogP contribution in [0.2, 0.25) is 10.0 Å². The molecular weight excluding hydrogens is 383 g/mol. The van der Waals surface area contributed by atoms with E-state index in [9.17, 15) is 4.79 Å². The first kappa shape index (κ1) is 19.4. The molecule has 2 aromatic carbocycles. The molecule has 5 nitrogen and oxygen atoms in total. The highest BCUT2D eigenvalue weighted by atomic mass is 35.5. The van der Waals surface area contributed by atoms with Crippen LogP contribution >= 0.6 is 23.2 Å². The van der Waals surface area contributed by atoms with Crippen molar-refractivity contribution in [2.24, 2.45) is 5.73 Å². The largest absolute Gasteiger partial charge is 0.348 e. The average molecular weight is 403 g/mol. The first-order valence-electron chi connectivity index (χ1n) is 8.63. The van der Waals surface area contributed by atoms with Crippen LogP contribution < -0.4 is 11.1 Å². The Morgan fingerprint density at radius 3 is 2.59 bits per heavy atom. The normalized spacial score (nSPS) is 10.8. The van der Waals surface area contributed by atoms with E-state index in [0.717, 1.165) is 17.5 Å². The number of carbonyl (C=O) groups is 1. The van der Waals surface area contributed by atoms with Gasteiger partial charge in [0, 0.05) is 24.8 Å². The molecule has 1 aromatic heterocycles. The molecule has 0 aliphatic rings. The van der Waals surface area contributed by atoms with Gasteiger partial charge in [0.15, 0.2) is 0 Å². The Bertz CT molecular complexity index is 925. The van der Waals surface area contributed by atoms with Crippen LogP contribution in [0.15, 0.2) is 54.7 Å². The Hall–Kier alpha value is -2.34. The monoisotopic (exact) mass is 402 g/mol. The number of hydrogen-bond donors (Lipinski definition) is 2. The number of halogens is 2. The summed E-state index contributed by atoms with van der Waals surface area (Å²) in [7, 11) is 0. The molecule has 0 saturated carbocycles. The predicted molar refractivity (Wildman–Crippen MR) is 109 cm³/mol. The summed E-state index contributed by atoms with van der Waals surface area (Å²) in [4.78, 5) is 12.8. The predicted octanol–water partition coefficient (Wildman–Crippen LogP) is 4.14. The zero-order chi connectivity index (χ0) is 19.2. The lowest BCUT2D eigenvalue weighted by Gasteiger charge is -2.06. The molecular formula is C20H20Cl2N4O. The topological polar surface area (TPSA) is 72.9 Å². The number of aromatic nitrogens is 2. The SMILES string of the molecule is NCCCn1cc(C(=O)NCc2ccccc2)c(-c2ccc(Cl)c(Cl)c2)n1. The Morgan fingerprint density at radius 1 is 1.11 bits per heavy atom. The van der Waals surface area contributed by atoms with Crippen LogP contribution in [-0.2, 0) is 13.1 Å². The van der Waals surface area contributed by atoms with E-state index < -0.39 is 0 Å². The minimum atomic E-state index is -0.195. The van der Waals surface area contributed by atoms with Crippen molar-refractivity contribution in [2.45, 2.75) is 19.5 Å². The molecule has 0 aliphatic carbocycles. The van der Waals surface area contributed by atoms with E-state index in [-0.39, 0.29) is 5.91 Å². The Labute approximate surface area is 168 Å². The van der Waals surface area contributed by atoms with Crippen molar-refractivity contribution >= 4 is 29.1 Å². The summed E-state index contributed by atoms with van der Waals surface area (Å²) in [6.07, 6.45) is 2.52. The fourth-order valence-electron chi connectivity index (χ4n) is 2.69. The maximum atomic E-state index is 12.8. The maximum Gasteiger partial charge on any atom is 0.255 e. The lowest BCUT2D eigenvalue weighted by Crippen LogP contribution is -2.23. The highest BCUT2D eigenvalue weighted by molar-refractivity contribution is 6.42. The van der Waals surface area contributed by atoms with Crippen molar-refractivity contribution in [1.82, 2.24) is 15.1 Å². The van der Waals surface area contributed by atoms with Gasteiger partial charge in [-0.1, -0.05) is 59.6 Å². The second-order valence-electron chi connectivity index (χ2n) is 6.09. The number of amides is 1. The molecule has 0 atom stereocenters. The van der Waals surface area contributed by atoms with Gasteiger partial charge in [-0.3, -0.25) is 9.48 Å². The Kier molecular flexibility index (Phi) is 6.50. The van der Waals surface area contributed by atoms with Crippen molar-refractivity contribution in [3.8, 4) is 11.3 Å². The summed E-state index contributed by atoms with van der Waals surface area (Å²) in [5.41, 5.74) is 8.40. The van der Waals surface area contributed by atoms with E-state index >= 15 is 0 Å². The van der Waals surface area contributed by atoms with Gasteiger partial charge in [-0.2, -0.15) is 5.10 Å². The van der Waals surface area contributed by atoms with Gasteiger partial charge in [0.2, 0.25) is 0 Å². The summed E-state index contributed by atoms with van der Waals surface area (Å²) in [6.45, 7) is 1.63. The van der Waals surface area contributed by atoms with E-state index in [4.69, 9.17) is 28.9 Å². The van der Waals surface area contributed by atoms with Crippen LogP contribution in [0.1, 0.15) is 22.3 Å². The van der Waals surface area contributed by atoms with Gasteiger partial charge in [-0.15, -0.1) is 0 Å². The smallest absolute Gasteiger partial charge is 0.255 e. The molecule has 140 valence electrons. The second kappa shape index (κ2) is 9.04. The number of benzene rings is 2. The lowest BCUT2D eigenvalue weighted by atomic mass is 10.1. The van der Waals surface area contributed by atoms with E-state index in [1.165, 1.54) is 0 Å². The quantitative estimate of drug-likeness (QED) is 0.623. The molecule has 1 heterocycles. The van der Waals surface area contributed by atoms with E-state index in [1.54, 1.807) is 29.1 Å². The van der Waals surface area contributed by atoms with Gasteiger partial charge in [-0.25, -0.2) is 0 Å². The van der Waals surface area contributed by atoms with Crippen molar-refractivity contribution in [3.63, 3.8) is 0 Å². The van der Waals surface area contributed by atoms with Gasteiger partial charge in [0.05, 0.1) is 15.6 Å². The van der Waals surface area contributed by atoms with Crippen molar-refractivity contribution in [1.29, 1.82) is 0 Å². The van der Waals surface area contributed by atoms with E-state index in [2.05, 4.69) is 10.4 Å². The van der Waals surface area contributed by atoms with Crippen molar-refractivity contribution < 1.29 is 4.79 Å². The fraction of sp³-hybridized carbons (Fsp3) is 0.200. The van der Waals surface area contributed by atoms with Crippen LogP contribution in [-0.4, -0.2) is 22.2 Å². The summed E-state index contributed by atoms with van der Waals surface area (Å²) in [6, 6.07) is 15.0. The molecule has 27 heavy (non-hydrogen) atoms. The summed E-state index contributed by atoms with van der Waals surface area (Å²) in [5.74, 6) is -0.195. The number of rotatable bonds is 7. The Balaban J connectivity index is 1.88. The highest BCUT2D eigenvalue weighted by Crippen LogP contribution is 2.29.